The van der Waals surface area contributed by atoms with Crippen molar-refractivity contribution in [2.45, 2.75) is 38.9 Å². The van der Waals surface area contributed by atoms with Crippen LogP contribution in [0.15, 0.2) is 28.7 Å². The molecular weight excluding hydrogens is 299 g/mol. The number of hydrogen-bond donors (Lipinski definition) is 3. The normalized spacial score (nSPS) is 11.3. The van der Waals surface area contributed by atoms with Crippen LogP contribution in [0.4, 0.5) is 0 Å². The Morgan fingerprint density at radius 2 is 1.44 bits per heavy atom. The monoisotopic (exact) mass is 317 g/mol. The highest BCUT2D eigenvalue weighted by molar-refractivity contribution is 9.10. The molecule has 6 heteroatoms. The van der Waals surface area contributed by atoms with E-state index >= 15 is 0 Å². The maximum atomic E-state index is 9.93. The van der Waals surface area contributed by atoms with Crippen molar-refractivity contribution < 1.29 is 19.9 Å². The third kappa shape index (κ3) is 5.86. The average molecular weight is 318 g/mol. The summed E-state index contributed by atoms with van der Waals surface area (Å²) in [5.41, 5.74) is -1.51. The van der Waals surface area contributed by atoms with Crippen LogP contribution in [0.2, 0.25) is 0 Å². The van der Waals surface area contributed by atoms with E-state index < -0.39 is 11.2 Å². The fourth-order valence-electron chi connectivity index (χ4n) is 0.922. The van der Waals surface area contributed by atoms with Crippen LogP contribution in [0, 0.1) is 0 Å². The zero-order chi connectivity index (χ0) is 14.4. The number of ether oxygens (including phenoxy) is 1. The molecule has 1 radical (unpaired) electrons. The van der Waals surface area contributed by atoms with Gasteiger partial charge in [-0.2, -0.15) is 0 Å². The molecule has 0 bridgehead atoms. The van der Waals surface area contributed by atoms with Gasteiger partial charge in [-0.3, -0.25) is 0 Å². The van der Waals surface area contributed by atoms with Gasteiger partial charge in [0.15, 0.2) is 0 Å². The molecule has 1 aromatic rings. The lowest BCUT2D eigenvalue weighted by Crippen LogP contribution is -2.49. The Balaban J connectivity index is 0.000000873. The van der Waals surface area contributed by atoms with Gasteiger partial charge < -0.3 is 19.9 Å². The second-order valence-electron chi connectivity index (χ2n) is 4.74. The highest BCUT2D eigenvalue weighted by Gasteiger charge is 2.37. The van der Waals surface area contributed by atoms with Crippen molar-refractivity contribution in [2.75, 3.05) is 0 Å². The maximum absolute atomic E-state index is 9.93. The molecule has 0 saturated carbocycles. The highest BCUT2D eigenvalue weighted by atomic mass is 79.9. The topological polar surface area (TPSA) is 69.9 Å². The average Bonchev–Trinajstić information content (AvgIpc) is 2.20. The molecule has 0 saturated heterocycles. The molecule has 0 amide bonds. The Morgan fingerprint density at radius 1 is 1.06 bits per heavy atom. The molecule has 0 aliphatic carbocycles. The van der Waals surface area contributed by atoms with Gasteiger partial charge in [-0.1, -0.05) is 15.9 Å². The van der Waals surface area contributed by atoms with E-state index in [-0.39, 0.29) is 7.69 Å². The van der Waals surface area contributed by atoms with E-state index in [1.54, 1.807) is 13.8 Å². The first-order valence-corrected chi connectivity index (χ1v) is 6.20. The van der Waals surface area contributed by atoms with E-state index in [0.717, 1.165) is 10.2 Å². The second-order valence-corrected chi connectivity index (χ2v) is 5.66. The zero-order valence-corrected chi connectivity index (χ0v) is 12.6. The molecular formula is C12H19BBrO4. The predicted molar refractivity (Wildman–Crippen MR) is 75.3 cm³/mol. The Labute approximate surface area is 117 Å². The van der Waals surface area contributed by atoms with Gasteiger partial charge in [0.25, 0.3) is 0 Å². The maximum Gasteiger partial charge on any atom is 0.482 e. The fourth-order valence-corrected chi connectivity index (χ4v) is 1.19. The van der Waals surface area contributed by atoms with Crippen molar-refractivity contribution in [3.05, 3.63) is 28.7 Å². The SMILES string of the molecule is CC(C)(O)C(C)(C)Oc1ccc(Br)cc1.O[B]O. The van der Waals surface area contributed by atoms with Crippen LogP contribution < -0.4 is 4.74 Å². The lowest BCUT2D eigenvalue weighted by molar-refractivity contribution is -0.0906. The van der Waals surface area contributed by atoms with Crippen LogP contribution >= 0.6 is 15.9 Å². The first-order valence-electron chi connectivity index (χ1n) is 5.41. The van der Waals surface area contributed by atoms with E-state index in [0.29, 0.717) is 0 Å². The summed E-state index contributed by atoms with van der Waals surface area (Å²) in [5, 5.41) is 23.9. The minimum absolute atomic E-state index is 0. The van der Waals surface area contributed by atoms with Crippen molar-refractivity contribution in [1.29, 1.82) is 0 Å². The predicted octanol–water partition coefficient (Wildman–Crippen LogP) is 1.88. The van der Waals surface area contributed by atoms with Gasteiger partial charge >= 0.3 is 7.69 Å². The molecule has 0 atom stereocenters. The summed E-state index contributed by atoms with van der Waals surface area (Å²) in [5.74, 6) is 0.755. The number of rotatable bonds is 3. The summed E-state index contributed by atoms with van der Waals surface area (Å²) >= 11 is 3.36. The summed E-state index contributed by atoms with van der Waals surface area (Å²) in [7, 11) is 0. The first-order chi connectivity index (χ1) is 8.14. The Hall–Kier alpha value is -0.555. The molecule has 0 spiro atoms. The standard InChI is InChI=1S/C12H17BrO2.BH2O2/c1-11(2,14)12(3,4)15-10-7-5-9(13)6-8-10;2-1-3/h5-8,14H,1-4H3;2-3H. The van der Waals surface area contributed by atoms with Crippen LogP contribution in [0.1, 0.15) is 27.7 Å². The molecule has 101 valence electrons. The fraction of sp³-hybridized carbons (Fsp3) is 0.500. The highest BCUT2D eigenvalue weighted by Crippen LogP contribution is 2.28. The molecule has 0 aliphatic rings. The Kier molecular flexibility index (Phi) is 6.92. The third-order valence-corrected chi connectivity index (χ3v) is 3.19. The Morgan fingerprint density at radius 3 is 1.78 bits per heavy atom. The third-order valence-electron chi connectivity index (χ3n) is 2.66. The number of benzene rings is 1. The quantitative estimate of drug-likeness (QED) is 0.745. The summed E-state index contributed by atoms with van der Waals surface area (Å²) in [6, 6.07) is 7.57. The molecule has 4 nitrogen and oxygen atoms in total. The van der Waals surface area contributed by atoms with E-state index in [1.165, 1.54) is 0 Å². The molecule has 0 heterocycles. The number of aliphatic hydroxyl groups is 1. The lowest BCUT2D eigenvalue weighted by Gasteiger charge is -2.37. The van der Waals surface area contributed by atoms with Gasteiger partial charge in [0.2, 0.25) is 0 Å². The van der Waals surface area contributed by atoms with Crippen LogP contribution in [0.25, 0.3) is 0 Å². The van der Waals surface area contributed by atoms with E-state index in [9.17, 15) is 5.11 Å². The molecule has 18 heavy (non-hydrogen) atoms. The number of halogens is 1. The van der Waals surface area contributed by atoms with Crippen molar-refractivity contribution >= 4 is 23.6 Å². The molecule has 0 aliphatic heterocycles. The minimum atomic E-state index is -0.889. The summed E-state index contributed by atoms with van der Waals surface area (Å²) in [6.45, 7) is 7.22. The molecule has 1 rings (SSSR count). The second kappa shape index (κ2) is 7.14. The van der Waals surface area contributed by atoms with Gasteiger partial charge in [-0.05, 0) is 52.0 Å². The van der Waals surface area contributed by atoms with Crippen molar-refractivity contribution in [3.63, 3.8) is 0 Å². The molecule has 0 unspecified atom stereocenters. The summed E-state index contributed by atoms with van der Waals surface area (Å²) < 4.78 is 6.76. The molecule has 0 fully saturated rings. The van der Waals surface area contributed by atoms with Crippen molar-refractivity contribution in [3.8, 4) is 5.75 Å². The molecule has 1 aromatic carbocycles. The van der Waals surface area contributed by atoms with Crippen LogP contribution in [-0.4, -0.2) is 34.0 Å². The van der Waals surface area contributed by atoms with Gasteiger partial charge in [-0.25, -0.2) is 0 Å². The number of hydrogen-bond acceptors (Lipinski definition) is 4. The summed E-state index contributed by atoms with van der Waals surface area (Å²) in [6.07, 6.45) is 0. The van der Waals surface area contributed by atoms with Gasteiger partial charge in [-0.15, -0.1) is 0 Å². The van der Waals surface area contributed by atoms with Crippen molar-refractivity contribution in [2.24, 2.45) is 0 Å². The zero-order valence-electron chi connectivity index (χ0n) is 11.0. The van der Waals surface area contributed by atoms with Gasteiger partial charge in [0.1, 0.15) is 11.4 Å². The van der Waals surface area contributed by atoms with Gasteiger partial charge in [0, 0.05) is 4.47 Å². The van der Waals surface area contributed by atoms with Crippen LogP contribution in [0.3, 0.4) is 0 Å². The smallest absolute Gasteiger partial charge is 0.482 e. The van der Waals surface area contributed by atoms with E-state index in [2.05, 4.69) is 15.9 Å². The molecule has 0 aromatic heterocycles. The van der Waals surface area contributed by atoms with Crippen molar-refractivity contribution in [1.82, 2.24) is 0 Å². The van der Waals surface area contributed by atoms with Gasteiger partial charge in [0.05, 0.1) is 5.60 Å². The molecule has 3 N–H and O–H groups in total. The minimum Gasteiger partial charge on any atom is -0.485 e. The lowest BCUT2D eigenvalue weighted by atomic mass is 9.89. The van der Waals surface area contributed by atoms with Crippen LogP contribution in [0.5, 0.6) is 5.75 Å². The first kappa shape index (κ1) is 17.4. The Bertz CT molecular complexity index is 346. The largest absolute Gasteiger partial charge is 0.485 e. The summed E-state index contributed by atoms with van der Waals surface area (Å²) in [4.78, 5) is 0. The van der Waals surface area contributed by atoms with E-state index in [1.807, 2.05) is 38.1 Å². The van der Waals surface area contributed by atoms with E-state index in [4.69, 9.17) is 14.8 Å². The van der Waals surface area contributed by atoms with Crippen LogP contribution in [-0.2, 0) is 0 Å².